The second kappa shape index (κ2) is 7.85. The van der Waals surface area contributed by atoms with Crippen LogP contribution in [-0.2, 0) is 0 Å². The van der Waals surface area contributed by atoms with Crippen LogP contribution in [0.1, 0.15) is 36.4 Å². The van der Waals surface area contributed by atoms with Crippen LogP contribution in [0.25, 0.3) is 28.0 Å². The van der Waals surface area contributed by atoms with Gasteiger partial charge in [-0.15, -0.1) is 0 Å². The van der Waals surface area contributed by atoms with Gasteiger partial charge in [0, 0.05) is 17.0 Å². The van der Waals surface area contributed by atoms with Crippen molar-refractivity contribution in [2.45, 2.75) is 25.2 Å². The largest absolute Gasteiger partial charge is 0.493 e. The van der Waals surface area contributed by atoms with Crippen LogP contribution in [0.15, 0.2) is 48.5 Å². The first kappa shape index (κ1) is 20.4. The second-order valence-electron chi connectivity index (χ2n) is 7.71. The van der Waals surface area contributed by atoms with Crippen LogP contribution in [-0.4, -0.2) is 29.0 Å². The number of pyridine rings is 1. The molecule has 5 rings (SSSR count). The van der Waals surface area contributed by atoms with Gasteiger partial charge in [0.25, 0.3) is 6.43 Å². The number of hydrogen-bond acceptors (Lipinski definition) is 4. The van der Waals surface area contributed by atoms with Gasteiger partial charge in [0.05, 0.1) is 36.7 Å². The Bertz CT molecular complexity index is 1300. The number of benzene rings is 2. The number of halogens is 3. The molecule has 0 spiro atoms. The van der Waals surface area contributed by atoms with Crippen LogP contribution in [0, 0.1) is 5.82 Å². The van der Waals surface area contributed by atoms with Crippen molar-refractivity contribution in [1.29, 1.82) is 0 Å². The van der Waals surface area contributed by atoms with Gasteiger partial charge >= 0.3 is 0 Å². The molecule has 0 radical (unpaired) electrons. The highest BCUT2D eigenvalue weighted by molar-refractivity contribution is 5.87. The van der Waals surface area contributed by atoms with E-state index in [9.17, 15) is 13.2 Å². The van der Waals surface area contributed by atoms with Gasteiger partial charge in [-0.1, -0.05) is 0 Å². The zero-order valence-corrected chi connectivity index (χ0v) is 17.5. The van der Waals surface area contributed by atoms with Gasteiger partial charge in [-0.3, -0.25) is 0 Å². The predicted molar refractivity (Wildman–Crippen MR) is 114 cm³/mol. The van der Waals surface area contributed by atoms with E-state index in [0.717, 1.165) is 12.8 Å². The van der Waals surface area contributed by atoms with E-state index in [-0.39, 0.29) is 17.3 Å². The van der Waals surface area contributed by atoms with E-state index in [1.807, 2.05) is 0 Å². The number of alkyl halides is 2. The van der Waals surface area contributed by atoms with Crippen molar-refractivity contribution in [3.8, 4) is 28.4 Å². The fraction of sp³-hybridized carbons (Fsp3) is 0.250. The molecule has 32 heavy (non-hydrogen) atoms. The van der Waals surface area contributed by atoms with E-state index in [0.29, 0.717) is 45.2 Å². The second-order valence-corrected chi connectivity index (χ2v) is 7.71. The molecule has 1 saturated carbocycles. The third-order valence-electron chi connectivity index (χ3n) is 5.65. The number of rotatable bonds is 6. The highest BCUT2D eigenvalue weighted by Gasteiger charge is 2.33. The topological polar surface area (TPSA) is 49.2 Å². The number of methoxy groups -OCH3 is 2. The molecule has 0 amide bonds. The lowest BCUT2D eigenvalue weighted by Crippen LogP contribution is -2.00. The highest BCUT2D eigenvalue weighted by Crippen LogP contribution is 2.45. The fourth-order valence-corrected chi connectivity index (χ4v) is 3.89. The number of aromatic nitrogens is 3. The normalized spacial score (nSPS) is 13.7. The minimum Gasteiger partial charge on any atom is -0.493 e. The molecule has 164 valence electrons. The van der Waals surface area contributed by atoms with Gasteiger partial charge in [-0.2, -0.15) is 5.10 Å². The Hall–Kier alpha value is -3.55. The average Bonchev–Trinajstić information content (AvgIpc) is 3.58. The maximum absolute atomic E-state index is 14.2. The Morgan fingerprint density at radius 1 is 0.969 bits per heavy atom. The molecule has 1 aliphatic rings. The summed E-state index contributed by atoms with van der Waals surface area (Å²) in [6.45, 7) is 0. The molecule has 0 unspecified atom stereocenters. The summed E-state index contributed by atoms with van der Waals surface area (Å²) < 4.78 is 54.1. The molecule has 2 aromatic carbocycles. The van der Waals surface area contributed by atoms with E-state index in [4.69, 9.17) is 14.5 Å². The number of nitrogens with zero attached hydrogens (tertiary/aromatic N) is 3. The van der Waals surface area contributed by atoms with Gasteiger partial charge in [0.1, 0.15) is 5.82 Å². The Morgan fingerprint density at radius 3 is 2.31 bits per heavy atom. The molecule has 8 heteroatoms. The summed E-state index contributed by atoms with van der Waals surface area (Å²) >= 11 is 0. The SMILES string of the molecule is COc1ccc(-c2cc(C(F)F)c3c(C4CC4)nn(-c4ccc(F)cc4)c3n2)cc1OC. The molecule has 0 N–H and O–H groups in total. The van der Waals surface area contributed by atoms with E-state index in [1.54, 1.807) is 30.3 Å². The van der Waals surface area contributed by atoms with Crippen LogP contribution in [0.2, 0.25) is 0 Å². The molecule has 4 aromatic rings. The molecule has 1 aliphatic carbocycles. The standard InChI is InChI=1S/C24H20F3N3O2/c1-31-19-10-5-14(11-20(19)32-2)18-12-17(23(26)27)21-22(13-3-4-13)29-30(24(21)28-18)16-8-6-15(25)7-9-16/h5-13,23H,3-4H2,1-2H3. The van der Waals surface area contributed by atoms with Gasteiger partial charge in [-0.25, -0.2) is 22.8 Å². The molecular formula is C24H20F3N3O2. The molecule has 0 atom stereocenters. The molecule has 0 bridgehead atoms. The molecule has 2 aromatic heterocycles. The van der Waals surface area contributed by atoms with E-state index in [2.05, 4.69) is 5.10 Å². The molecule has 1 fully saturated rings. The third kappa shape index (κ3) is 3.45. The summed E-state index contributed by atoms with van der Waals surface area (Å²) in [5, 5.41) is 5.02. The Morgan fingerprint density at radius 2 is 1.69 bits per heavy atom. The van der Waals surface area contributed by atoms with Gasteiger partial charge in [0.2, 0.25) is 0 Å². The Labute approximate surface area is 182 Å². The summed E-state index contributed by atoms with van der Waals surface area (Å²) in [6, 6.07) is 12.3. The van der Waals surface area contributed by atoms with Crippen molar-refractivity contribution < 1.29 is 22.6 Å². The first-order valence-corrected chi connectivity index (χ1v) is 10.2. The van der Waals surface area contributed by atoms with Crippen molar-refractivity contribution in [2.24, 2.45) is 0 Å². The van der Waals surface area contributed by atoms with Crippen LogP contribution >= 0.6 is 0 Å². The smallest absolute Gasteiger partial charge is 0.264 e. The lowest BCUT2D eigenvalue weighted by molar-refractivity contribution is 0.153. The predicted octanol–water partition coefficient (Wildman–Crippen LogP) is 6.06. The maximum atomic E-state index is 14.2. The zero-order chi connectivity index (χ0) is 22.4. The van der Waals surface area contributed by atoms with Gasteiger partial charge < -0.3 is 9.47 Å². The minimum atomic E-state index is -2.71. The Kier molecular flexibility index (Phi) is 5.00. The van der Waals surface area contributed by atoms with Crippen LogP contribution in [0.5, 0.6) is 11.5 Å². The Balaban J connectivity index is 1.78. The van der Waals surface area contributed by atoms with Crippen molar-refractivity contribution in [2.75, 3.05) is 14.2 Å². The van der Waals surface area contributed by atoms with Crippen LogP contribution in [0.3, 0.4) is 0 Å². The highest BCUT2D eigenvalue weighted by atomic mass is 19.3. The van der Waals surface area contributed by atoms with Crippen LogP contribution in [0.4, 0.5) is 13.2 Å². The third-order valence-corrected chi connectivity index (χ3v) is 5.65. The number of hydrogen-bond donors (Lipinski definition) is 0. The number of fused-ring (bicyclic) bond motifs is 1. The molecule has 0 aliphatic heterocycles. The molecule has 2 heterocycles. The molecule has 0 saturated heterocycles. The van der Waals surface area contributed by atoms with Crippen molar-refractivity contribution in [3.05, 3.63) is 65.6 Å². The minimum absolute atomic E-state index is 0.116. The average molecular weight is 439 g/mol. The zero-order valence-electron chi connectivity index (χ0n) is 17.5. The fourth-order valence-electron chi connectivity index (χ4n) is 3.89. The van der Waals surface area contributed by atoms with E-state index >= 15 is 0 Å². The molecule has 5 nitrogen and oxygen atoms in total. The van der Waals surface area contributed by atoms with E-state index in [1.165, 1.54) is 37.1 Å². The van der Waals surface area contributed by atoms with Crippen molar-refractivity contribution in [1.82, 2.24) is 14.8 Å². The summed E-state index contributed by atoms with van der Waals surface area (Å²) in [6.07, 6.45) is -0.909. The first-order chi connectivity index (χ1) is 15.5. The van der Waals surface area contributed by atoms with Gasteiger partial charge in [-0.05, 0) is 61.4 Å². The maximum Gasteiger partial charge on any atom is 0.264 e. The van der Waals surface area contributed by atoms with Gasteiger partial charge in [0.15, 0.2) is 17.1 Å². The molecular weight excluding hydrogens is 419 g/mol. The lowest BCUT2D eigenvalue weighted by atomic mass is 10.0. The monoisotopic (exact) mass is 439 g/mol. The number of ether oxygens (including phenoxy) is 2. The summed E-state index contributed by atoms with van der Waals surface area (Å²) in [5.74, 6) is 0.736. The van der Waals surface area contributed by atoms with Crippen molar-refractivity contribution >= 4 is 11.0 Å². The quantitative estimate of drug-likeness (QED) is 0.367. The van der Waals surface area contributed by atoms with Crippen LogP contribution < -0.4 is 9.47 Å². The van der Waals surface area contributed by atoms with E-state index < -0.39 is 6.43 Å². The first-order valence-electron chi connectivity index (χ1n) is 10.2. The summed E-state index contributed by atoms with van der Waals surface area (Å²) in [5.41, 5.74) is 2.34. The summed E-state index contributed by atoms with van der Waals surface area (Å²) in [7, 11) is 3.03. The summed E-state index contributed by atoms with van der Waals surface area (Å²) in [4.78, 5) is 4.73. The lowest BCUT2D eigenvalue weighted by Gasteiger charge is -2.12. The van der Waals surface area contributed by atoms with Crippen molar-refractivity contribution in [3.63, 3.8) is 0 Å².